The first-order valence-corrected chi connectivity index (χ1v) is 10.3. The van der Waals surface area contributed by atoms with Crippen molar-refractivity contribution in [2.45, 2.75) is 26.2 Å². The van der Waals surface area contributed by atoms with Gasteiger partial charge in [-0.15, -0.1) is 0 Å². The van der Waals surface area contributed by atoms with Crippen LogP contribution in [0.5, 0.6) is 0 Å². The average molecular weight is 494 g/mol. The molecule has 3 aromatic carbocycles. The van der Waals surface area contributed by atoms with Gasteiger partial charge in [0.15, 0.2) is 0 Å². The van der Waals surface area contributed by atoms with Gasteiger partial charge < -0.3 is 4.90 Å². The van der Waals surface area contributed by atoms with Crippen LogP contribution in [0.1, 0.15) is 26.3 Å². The first kappa shape index (κ1) is 19.5. The van der Waals surface area contributed by atoms with Gasteiger partial charge in [-0.3, -0.25) is 0 Å². The monoisotopic (exact) mass is 491 g/mol. The van der Waals surface area contributed by atoms with Crippen LogP contribution in [0.25, 0.3) is 0 Å². The molecule has 3 rings (SSSR count). The zero-order valence-electron chi connectivity index (χ0n) is 14.9. The van der Waals surface area contributed by atoms with Gasteiger partial charge in [-0.25, -0.2) is 0 Å². The maximum absolute atomic E-state index is 6.11. The lowest BCUT2D eigenvalue weighted by atomic mass is 9.87. The van der Waals surface area contributed by atoms with Gasteiger partial charge in [0, 0.05) is 20.9 Å². The van der Waals surface area contributed by atoms with E-state index in [4.69, 9.17) is 11.6 Å². The topological polar surface area (TPSA) is 3.24 Å². The van der Waals surface area contributed by atoms with Gasteiger partial charge in [-0.05, 0) is 91.4 Å². The molecular weight excluding hydrogens is 474 g/mol. The van der Waals surface area contributed by atoms with E-state index in [9.17, 15) is 0 Å². The molecule has 0 radical (unpaired) electrons. The van der Waals surface area contributed by atoms with Crippen molar-refractivity contribution in [1.29, 1.82) is 0 Å². The molecule has 0 saturated carbocycles. The molecule has 0 bridgehead atoms. The van der Waals surface area contributed by atoms with Crippen molar-refractivity contribution in [3.63, 3.8) is 0 Å². The first-order valence-electron chi connectivity index (χ1n) is 8.37. The van der Waals surface area contributed by atoms with Crippen LogP contribution >= 0.6 is 43.5 Å². The molecule has 0 aromatic heterocycles. The summed E-state index contributed by atoms with van der Waals surface area (Å²) in [5.74, 6) is 0. The smallest absolute Gasteiger partial charge is 0.0615 e. The summed E-state index contributed by atoms with van der Waals surface area (Å²) in [6.07, 6.45) is 0. The van der Waals surface area contributed by atoms with E-state index in [1.807, 2.05) is 36.4 Å². The number of rotatable bonds is 3. The number of nitrogens with zero attached hydrogens (tertiary/aromatic N) is 1. The highest BCUT2D eigenvalue weighted by molar-refractivity contribution is 9.13. The second kappa shape index (κ2) is 7.75. The van der Waals surface area contributed by atoms with Gasteiger partial charge in [-0.1, -0.05) is 50.6 Å². The summed E-state index contributed by atoms with van der Waals surface area (Å²) in [5.41, 5.74) is 4.60. The standard InChI is InChI=1S/C22H20Br2ClN/c1-22(2,3)15-6-4-7-18(14-15)26(17-12-10-16(25)11-13-17)20-9-5-8-19(23)21(20)24/h4-14H,1-3H3. The first-order chi connectivity index (χ1) is 12.3. The minimum Gasteiger partial charge on any atom is -0.309 e. The summed E-state index contributed by atoms with van der Waals surface area (Å²) in [4.78, 5) is 2.24. The summed E-state index contributed by atoms with van der Waals surface area (Å²) in [5, 5.41) is 0.727. The minimum atomic E-state index is 0.0795. The molecule has 0 aliphatic carbocycles. The third-order valence-electron chi connectivity index (χ3n) is 4.23. The Morgan fingerprint density at radius 3 is 2.12 bits per heavy atom. The van der Waals surface area contributed by atoms with Gasteiger partial charge in [0.2, 0.25) is 0 Å². The highest BCUT2D eigenvalue weighted by Crippen LogP contribution is 2.42. The van der Waals surface area contributed by atoms with Crippen LogP contribution < -0.4 is 4.90 Å². The highest BCUT2D eigenvalue weighted by Gasteiger charge is 2.19. The van der Waals surface area contributed by atoms with E-state index >= 15 is 0 Å². The lowest BCUT2D eigenvalue weighted by molar-refractivity contribution is 0.590. The molecule has 3 aromatic rings. The van der Waals surface area contributed by atoms with Crippen LogP contribution in [-0.4, -0.2) is 0 Å². The molecule has 0 N–H and O–H groups in total. The molecule has 0 saturated heterocycles. The third kappa shape index (κ3) is 4.16. The fourth-order valence-corrected chi connectivity index (χ4v) is 3.72. The average Bonchev–Trinajstić information content (AvgIpc) is 2.60. The molecule has 1 nitrogen and oxygen atoms in total. The van der Waals surface area contributed by atoms with E-state index in [2.05, 4.69) is 87.9 Å². The molecular formula is C22H20Br2ClN. The Morgan fingerprint density at radius 1 is 0.808 bits per heavy atom. The minimum absolute atomic E-state index is 0.0795. The Balaban J connectivity index is 2.22. The summed E-state index contributed by atoms with van der Waals surface area (Å²) in [7, 11) is 0. The SMILES string of the molecule is CC(C)(C)c1cccc(N(c2ccc(Cl)cc2)c2cccc(Br)c2Br)c1. The Hall–Kier alpha value is -1.29. The Labute approximate surface area is 177 Å². The summed E-state index contributed by atoms with van der Waals surface area (Å²) >= 11 is 13.5. The second-order valence-corrected chi connectivity index (χ2v) is 9.27. The lowest BCUT2D eigenvalue weighted by Crippen LogP contribution is -2.14. The lowest BCUT2D eigenvalue weighted by Gasteiger charge is -2.29. The van der Waals surface area contributed by atoms with Crippen LogP contribution in [0, 0.1) is 0 Å². The van der Waals surface area contributed by atoms with Gasteiger partial charge >= 0.3 is 0 Å². The Kier molecular flexibility index (Phi) is 5.81. The van der Waals surface area contributed by atoms with E-state index in [0.29, 0.717) is 0 Å². The number of anilines is 3. The van der Waals surface area contributed by atoms with Gasteiger partial charge in [0.05, 0.1) is 10.2 Å². The maximum Gasteiger partial charge on any atom is 0.0615 e. The molecule has 26 heavy (non-hydrogen) atoms. The summed E-state index contributed by atoms with van der Waals surface area (Å²) < 4.78 is 2.03. The predicted molar refractivity (Wildman–Crippen MR) is 120 cm³/mol. The Morgan fingerprint density at radius 2 is 1.46 bits per heavy atom. The van der Waals surface area contributed by atoms with E-state index in [-0.39, 0.29) is 5.41 Å². The summed E-state index contributed by atoms with van der Waals surface area (Å²) in [6.45, 7) is 6.69. The number of hydrogen-bond donors (Lipinski definition) is 0. The zero-order valence-corrected chi connectivity index (χ0v) is 18.9. The molecule has 0 amide bonds. The third-order valence-corrected chi connectivity index (χ3v) is 6.51. The van der Waals surface area contributed by atoms with Gasteiger partial charge in [-0.2, -0.15) is 0 Å². The molecule has 0 aliphatic heterocycles. The normalized spacial score (nSPS) is 11.5. The second-order valence-electron chi connectivity index (χ2n) is 7.19. The van der Waals surface area contributed by atoms with E-state index in [0.717, 1.165) is 31.0 Å². The molecule has 0 aliphatic rings. The van der Waals surface area contributed by atoms with Crippen molar-refractivity contribution in [3.8, 4) is 0 Å². The zero-order chi connectivity index (χ0) is 18.9. The van der Waals surface area contributed by atoms with Crippen LogP contribution in [0.15, 0.2) is 75.7 Å². The quantitative estimate of drug-likeness (QED) is 0.353. The number of halogens is 3. The van der Waals surface area contributed by atoms with Crippen LogP contribution in [0.2, 0.25) is 5.02 Å². The number of benzene rings is 3. The molecule has 0 atom stereocenters. The summed E-state index contributed by atoms with van der Waals surface area (Å²) in [6, 6.07) is 22.8. The molecule has 4 heteroatoms. The van der Waals surface area contributed by atoms with Crippen molar-refractivity contribution in [1.82, 2.24) is 0 Å². The largest absolute Gasteiger partial charge is 0.309 e. The van der Waals surface area contributed by atoms with Crippen molar-refractivity contribution >= 4 is 60.5 Å². The van der Waals surface area contributed by atoms with Crippen LogP contribution in [0.4, 0.5) is 17.1 Å². The van der Waals surface area contributed by atoms with Crippen molar-refractivity contribution in [2.75, 3.05) is 4.90 Å². The fraction of sp³-hybridized carbons (Fsp3) is 0.182. The molecule has 0 spiro atoms. The molecule has 0 unspecified atom stereocenters. The van der Waals surface area contributed by atoms with Gasteiger partial charge in [0.25, 0.3) is 0 Å². The van der Waals surface area contributed by atoms with Crippen molar-refractivity contribution in [2.24, 2.45) is 0 Å². The Bertz CT molecular complexity index is 914. The predicted octanol–water partition coefficient (Wildman–Crippen LogP) is 8.63. The van der Waals surface area contributed by atoms with Crippen molar-refractivity contribution < 1.29 is 0 Å². The highest BCUT2D eigenvalue weighted by atomic mass is 79.9. The molecule has 0 fully saturated rings. The van der Waals surface area contributed by atoms with Gasteiger partial charge in [0.1, 0.15) is 0 Å². The maximum atomic E-state index is 6.11. The van der Waals surface area contributed by atoms with Crippen molar-refractivity contribution in [3.05, 3.63) is 86.3 Å². The molecule has 134 valence electrons. The molecule has 0 heterocycles. The van der Waals surface area contributed by atoms with Crippen LogP contribution in [-0.2, 0) is 5.41 Å². The van der Waals surface area contributed by atoms with Crippen LogP contribution in [0.3, 0.4) is 0 Å². The fourth-order valence-electron chi connectivity index (χ4n) is 2.79. The van der Waals surface area contributed by atoms with E-state index in [1.165, 1.54) is 5.56 Å². The van der Waals surface area contributed by atoms with E-state index < -0.39 is 0 Å². The number of hydrogen-bond acceptors (Lipinski definition) is 1. The van der Waals surface area contributed by atoms with E-state index in [1.54, 1.807) is 0 Å².